The van der Waals surface area contributed by atoms with Gasteiger partial charge in [-0.15, -0.1) is 0 Å². The fraction of sp³-hybridized carbons (Fsp3) is 0.278. The molecule has 0 radical (unpaired) electrons. The van der Waals surface area contributed by atoms with Crippen LogP contribution in [0.4, 0.5) is 4.79 Å². The van der Waals surface area contributed by atoms with E-state index in [0.29, 0.717) is 12.4 Å². The van der Waals surface area contributed by atoms with Crippen LogP contribution in [0.1, 0.15) is 11.1 Å². The standard InChI is InChI=1S/C18H22N4O3/c1-25-17-15(8-5-10-20-17)12-21-18(24)22-13-16(23)19-11-9-14-6-3-2-4-7-14/h2-8,10H,9,11-13H2,1H3,(H,19,23)(H2,21,22,24). The minimum atomic E-state index is -0.427. The molecule has 0 saturated heterocycles. The number of pyridine rings is 1. The van der Waals surface area contributed by atoms with E-state index < -0.39 is 6.03 Å². The average molecular weight is 342 g/mol. The summed E-state index contributed by atoms with van der Waals surface area (Å²) in [7, 11) is 1.52. The quantitative estimate of drug-likeness (QED) is 0.673. The fourth-order valence-corrected chi connectivity index (χ4v) is 2.19. The van der Waals surface area contributed by atoms with Crippen LogP contribution in [-0.4, -0.2) is 37.1 Å². The first-order valence-corrected chi connectivity index (χ1v) is 7.99. The first-order valence-electron chi connectivity index (χ1n) is 7.99. The maximum absolute atomic E-state index is 11.8. The largest absolute Gasteiger partial charge is 0.481 e. The molecular formula is C18H22N4O3. The fourth-order valence-electron chi connectivity index (χ4n) is 2.19. The molecule has 0 bridgehead atoms. The molecule has 0 atom stereocenters. The Balaban J connectivity index is 1.63. The van der Waals surface area contributed by atoms with Crippen LogP contribution in [-0.2, 0) is 17.8 Å². The van der Waals surface area contributed by atoms with E-state index in [9.17, 15) is 9.59 Å². The third-order valence-electron chi connectivity index (χ3n) is 3.47. The highest BCUT2D eigenvalue weighted by Crippen LogP contribution is 2.12. The Kier molecular flexibility index (Phi) is 7.24. The van der Waals surface area contributed by atoms with Crippen LogP contribution < -0.4 is 20.7 Å². The van der Waals surface area contributed by atoms with E-state index in [0.717, 1.165) is 17.5 Å². The molecule has 0 saturated carbocycles. The lowest BCUT2D eigenvalue weighted by Crippen LogP contribution is -2.42. The van der Waals surface area contributed by atoms with Gasteiger partial charge < -0.3 is 20.7 Å². The number of carbonyl (C=O) groups excluding carboxylic acids is 2. The van der Waals surface area contributed by atoms with Gasteiger partial charge in [-0.25, -0.2) is 9.78 Å². The van der Waals surface area contributed by atoms with Gasteiger partial charge >= 0.3 is 6.03 Å². The third-order valence-corrected chi connectivity index (χ3v) is 3.47. The van der Waals surface area contributed by atoms with Gasteiger partial charge in [0, 0.05) is 24.8 Å². The number of nitrogens with one attached hydrogen (secondary N) is 3. The predicted octanol–water partition coefficient (Wildman–Crippen LogP) is 1.25. The lowest BCUT2D eigenvalue weighted by molar-refractivity contribution is -0.120. The maximum atomic E-state index is 11.8. The second-order valence-corrected chi connectivity index (χ2v) is 5.29. The Morgan fingerprint density at radius 1 is 1.04 bits per heavy atom. The van der Waals surface area contributed by atoms with Gasteiger partial charge in [-0.3, -0.25) is 4.79 Å². The monoisotopic (exact) mass is 342 g/mol. The summed E-state index contributed by atoms with van der Waals surface area (Å²) in [5.41, 5.74) is 1.91. The summed E-state index contributed by atoms with van der Waals surface area (Å²) in [5, 5.41) is 7.94. The molecule has 3 N–H and O–H groups in total. The van der Waals surface area contributed by atoms with E-state index >= 15 is 0 Å². The number of nitrogens with zero attached hydrogens (tertiary/aromatic N) is 1. The van der Waals surface area contributed by atoms with Gasteiger partial charge in [0.15, 0.2) is 0 Å². The molecule has 1 heterocycles. The van der Waals surface area contributed by atoms with Crippen molar-refractivity contribution in [1.82, 2.24) is 20.9 Å². The number of aromatic nitrogens is 1. The van der Waals surface area contributed by atoms with E-state index in [-0.39, 0.29) is 19.0 Å². The zero-order chi connectivity index (χ0) is 17.9. The van der Waals surface area contributed by atoms with E-state index in [1.54, 1.807) is 12.3 Å². The summed E-state index contributed by atoms with van der Waals surface area (Å²) in [5.74, 6) is 0.228. The summed E-state index contributed by atoms with van der Waals surface area (Å²) in [4.78, 5) is 27.5. The molecule has 0 unspecified atom stereocenters. The van der Waals surface area contributed by atoms with Gasteiger partial charge in [-0.05, 0) is 18.1 Å². The Morgan fingerprint density at radius 3 is 2.60 bits per heavy atom. The van der Waals surface area contributed by atoms with Gasteiger partial charge in [-0.1, -0.05) is 36.4 Å². The molecule has 0 aliphatic carbocycles. The molecule has 0 fully saturated rings. The van der Waals surface area contributed by atoms with Gasteiger partial charge in [-0.2, -0.15) is 0 Å². The number of hydrogen-bond acceptors (Lipinski definition) is 4. The predicted molar refractivity (Wildman–Crippen MR) is 94.2 cm³/mol. The molecule has 1 aromatic heterocycles. The molecule has 132 valence electrons. The summed E-state index contributed by atoms with van der Waals surface area (Å²) >= 11 is 0. The number of methoxy groups -OCH3 is 1. The molecule has 7 nitrogen and oxygen atoms in total. The first kappa shape index (κ1) is 18.3. The SMILES string of the molecule is COc1ncccc1CNC(=O)NCC(=O)NCCc1ccccc1. The van der Waals surface area contributed by atoms with Crippen molar-refractivity contribution in [3.8, 4) is 5.88 Å². The number of ether oxygens (including phenoxy) is 1. The van der Waals surface area contributed by atoms with Gasteiger partial charge in [0.05, 0.1) is 13.7 Å². The maximum Gasteiger partial charge on any atom is 0.315 e. The molecule has 0 aliphatic rings. The number of amides is 3. The Morgan fingerprint density at radius 2 is 1.84 bits per heavy atom. The van der Waals surface area contributed by atoms with Crippen LogP contribution in [0.25, 0.3) is 0 Å². The van der Waals surface area contributed by atoms with Crippen LogP contribution in [0.15, 0.2) is 48.7 Å². The zero-order valence-electron chi connectivity index (χ0n) is 14.1. The van der Waals surface area contributed by atoms with E-state index in [2.05, 4.69) is 20.9 Å². The number of hydrogen-bond donors (Lipinski definition) is 3. The first-order chi connectivity index (χ1) is 12.2. The van der Waals surface area contributed by atoms with Gasteiger partial charge in [0.25, 0.3) is 0 Å². The molecule has 0 aliphatic heterocycles. The van der Waals surface area contributed by atoms with Crippen molar-refractivity contribution >= 4 is 11.9 Å². The Labute approximate surface area is 146 Å². The average Bonchev–Trinajstić information content (AvgIpc) is 2.65. The van der Waals surface area contributed by atoms with Crippen LogP contribution in [0.2, 0.25) is 0 Å². The second kappa shape index (κ2) is 9.92. The highest BCUT2D eigenvalue weighted by Gasteiger charge is 2.07. The van der Waals surface area contributed by atoms with E-state index in [4.69, 9.17) is 4.74 Å². The molecule has 0 spiro atoms. The zero-order valence-corrected chi connectivity index (χ0v) is 14.1. The molecule has 2 rings (SSSR count). The Bertz CT molecular complexity index is 692. The summed E-state index contributed by atoms with van der Waals surface area (Å²) in [6.45, 7) is 0.711. The molecule has 25 heavy (non-hydrogen) atoms. The summed E-state index contributed by atoms with van der Waals surface area (Å²) in [6.07, 6.45) is 2.36. The van der Waals surface area contributed by atoms with Crippen LogP contribution in [0, 0.1) is 0 Å². The number of carbonyl (C=O) groups is 2. The molecule has 7 heteroatoms. The normalized spacial score (nSPS) is 9.96. The number of urea groups is 1. The van der Waals surface area contributed by atoms with Crippen molar-refractivity contribution in [2.75, 3.05) is 20.2 Å². The van der Waals surface area contributed by atoms with Gasteiger partial charge in [0.2, 0.25) is 11.8 Å². The minimum absolute atomic E-state index is 0.0786. The van der Waals surface area contributed by atoms with Crippen molar-refractivity contribution < 1.29 is 14.3 Å². The van der Waals surface area contributed by atoms with E-state index in [1.807, 2.05) is 36.4 Å². The van der Waals surface area contributed by atoms with Crippen molar-refractivity contribution in [2.24, 2.45) is 0 Å². The second-order valence-electron chi connectivity index (χ2n) is 5.29. The number of rotatable bonds is 8. The van der Waals surface area contributed by atoms with Crippen LogP contribution >= 0.6 is 0 Å². The van der Waals surface area contributed by atoms with Crippen molar-refractivity contribution in [3.63, 3.8) is 0 Å². The highest BCUT2D eigenvalue weighted by molar-refractivity contribution is 5.83. The van der Waals surface area contributed by atoms with Crippen molar-refractivity contribution in [3.05, 3.63) is 59.8 Å². The summed E-state index contributed by atoms with van der Waals surface area (Å²) < 4.78 is 5.11. The summed E-state index contributed by atoms with van der Waals surface area (Å²) in [6, 6.07) is 13.0. The van der Waals surface area contributed by atoms with Crippen molar-refractivity contribution in [1.29, 1.82) is 0 Å². The highest BCUT2D eigenvalue weighted by atomic mass is 16.5. The topological polar surface area (TPSA) is 92.3 Å². The molecule has 3 amide bonds. The van der Waals surface area contributed by atoms with Gasteiger partial charge in [0.1, 0.15) is 0 Å². The van der Waals surface area contributed by atoms with Crippen LogP contribution in [0.5, 0.6) is 5.88 Å². The number of benzene rings is 1. The minimum Gasteiger partial charge on any atom is -0.481 e. The Hall–Kier alpha value is -3.09. The van der Waals surface area contributed by atoms with Crippen molar-refractivity contribution in [2.45, 2.75) is 13.0 Å². The molecule has 2 aromatic rings. The van der Waals surface area contributed by atoms with Crippen LogP contribution in [0.3, 0.4) is 0 Å². The molecule has 1 aromatic carbocycles. The smallest absolute Gasteiger partial charge is 0.315 e. The molecular weight excluding hydrogens is 320 g/mol. The van der Waals surface area contributed by atoms with E-state index in [1.165, 1.54) is 7.11 Å². The third kappa shape index (κ3) is 6.50. The lowest BCUT2D eigenvalue weighted by Gasteiger charge is -2.10. The lowest BCUT2D eigenvalue weighted by atomic mass is 10.1.